The third-order valence-electron chi connectivity index (χ3n) is 6.42. The van der Waals surface area contributed by atoms with Gasteiger partial charge in [-0.05, 0) is 61.2 Å². The molecule has 36 heavy (non-hydrogen) atoms. The van der Waals surface area contributed by atoms with Crippen LogP contribution in [0, 0.1) is 0 Å². The Labute approximate surface area is 212 Å². The third-order valence-corrected chi connectivity index (χ3v) is 6.67. The van der Waals surface area contributed by atoms with Gasteiger partial charge in [0.25, 0.3) is 0 Å². The van der Waals surface area contributed by atoms with Crippen molar-refractivity contribution in [1.29, 1.82) is 0 Å². The lowest BCUT2D eigenvalue weighted by molar-refractivity contribution is -0.137. The van der Waals surface area contributed by atoms with Crippen LogP contribution in [0.2, 0.25) is 5.02 Å². The maximum absolute atomic E-state index is 13.2. The quantitative estimate of drug-likeness (QED) is 0.409. The molecule has 1 aliphatic heterocycles. The van der Waals surface area contributed by atoms with Crippen molar-refractivity contribution in [1.82, 2.24) is 15.1 Å². The van der Waals surface area contributed by atoms with Gasteiger partial charge in [-0.25, -0.2) is 4.79 Å². The molecule has 0 spiro atoms. The summed E-state index contributed by atoms with van der Waals surface area (Å²) in [4.78, 5) is 29.4. The molecule has 0 bridgehead atoms. The number of amides is 3. The van der Waals surface area contributed by atoms with Gasteiger partial charge in [-0.15, -0.1) is 0 Å². The standard InChI is InChI=1S/C26H27ClF3N3O3/c1-3-20(23-14-17-13-18(26(28,29)30)8-11-22(17)36-23)31-25(35)33-12-4-5-21(33)24(34)32(2)15-16-6-9-19(27)10-7-16/h6-11,13-14,20-21H,3-5,12,15H2,1-2H3,(H,31,35)/t20-,21?/m0/s1. The fourth-order valence-electron chi connectivity index (χ4n) is 4.48. The van der Waals surface area contributed by atoms with Crippen LogP contribution in [0.3, 0.4) is 0 Å². The van der Waals surface area contributed by atoms with Crippen molar-refractivity contribution >= 4 is 34.5 Å². The van der Waals surface area contributed by atoms with E-state index in [9.17, 15) is 22.8 Å². The minimum Gasteiger partial charge on any atom is -0.459 e. The molecule has 1 N–H and O–H groups in total. The van der Waals surface area contributed by atoms with E-state index in [-0.39, 0.29) is 5.91 Å². The number of hydrogen-bond donors (Lipinski definition) is 1. The van der Waals surface area contributed by atoms with Gasteiger partial charge >= 0.3 is 12.2 Å². The number of furan rings is 1. The van der Waals surface area contributed by atoms with Crippen LogP contribution >= 0.6 is 11.6 Å². The minimum absolute atomic E-state index is 0.158. The molecule has 2 aromatic carbocycles. The van der Waals surface area contributed by atoms with Gasteiger partial charge in [-0.3, -0.25) is 4.79 Å². The summed E-state index contributed by atoms with van der Waals surface area (Å²) in [5.41, 5.74) is 0.471. The first kappa shape index (κ1) is 25.9. The van der Waals surface area contributed by atoms with Gasteiger partial charge in [0.15, 0.2) is 0 Å². The number of halogens is 4. The zero-order chi connectivity index (χ0) is 26.0. The molecule has 1 fully saturated rings. The lowest BCUT2D eigenvalue weighted by Crippen LogP contribution is -2.50. The zero-order valence-corrected chi connectivity index (χ0v) is 20.7. The molecule has 1 unspecified atom stereocenters. The van der Waals surface area contributed by atoms with Crippen molar-refractivity contribution in [2.45, 2.75) is 51.0 Å². The molecule has 1 aliphatic rings. The number of alkyl halides is 3. The third kappa shape index (κ3) is 5.61. The van der Waals surface area contributed by atoms with Crippen LogP contribution < -0.4 is 5.32 Å². The number of nitrogens with zero attached hydrogens (tertiary/aromatic N) is 2. The molecule has 2 heterocycles. The number of rotatable bonds is 6. The first-order valence-corrected chi connectivity index (χ1v) is 12.1. The van der Waals surface area contributed by atoms with Crippen molar-refractivity contribution in [3.8, 4) is 0 Å². The van der Waals surface area contributed by atoms with Crippen LogP contribution in [0.5, 0.6) is 0 Å². The zero-order valence-electron chi connectivity index (χ0n) is 19.9. The molecule has 0 radical (unpaired) electrons. The average Bonchev–Trinajstić information content (AvgIpc) is 3.49. The lowest BCUT2D eigenvalue weighted by atomic mass is 10.1. The number of likely N-dealkylation sites (N-methyl/N-ethyl adjacent to an activating group) is 1. The van der Waals surface area contributed by atoms with E-state index >= 15 is 0 Å². The summed E-state index contributed by atoms with van der Waals surface area (Å²) in [6, 6.07) is 10.5. The molecule has 192 valence electrons. The average molecular weight is 522 g/mol. The number of carbonyl (C=O) groups is 2. The normalized spacial score (nSPS) is 16.8. The van der Waals surface area contributed by atoms with Crippen LogP contribution in [-0.4, -0.2) is 41.4 Å². The number of fused-ring (bicyclic) bond motifs is 1. The largest absolute Gasteiger partial charge is 0.459 e. The molecule has 1 aromatic heterocycles. The summed E-state index contributed by atoms with van der Waals surface area (Å²) in [5, 5.41) is 3.82. The second-order valence-corrected chi connectivity index (χ2v) is 9.42. The summed E-state index contributed by atoms with van der Waals surface area (Å²) < 4.78 is 44.9. The van der Waals surface area contributed by atoms with E-state index in [4.69, 9.17) is 16.0 Å². The van der Waals surface area contributed by atoms with Crippen LogP contribution in [0.1, 0.15) is 49.1 Å². The molecule has 1 saturated heterocycles. The number of carbonyl (C=O) groups excluding carboxylic acids is 2. The number of likely N-dealkylation sites (tertiary alicyclic amines) is 1. The Bertz CT molecular complexity index is 1240. The molecular weight excluding hydrogens is 495 g/mol. The van der Waals surface area contributed by atoms with Crippen molar-refractivity contribution in [3.05, 3.63) is 70.4 Å². The van der Waals surface area contributed by atoms with E-state index in [1.807, 2.05) is 19.1 Å². The molecule has 2 atom stereocenters. The molecule has 4 rings (SSSR count). The van der Waals surface area contributed by atoms with Gasteiger partial charge in [0, 0.05) is 30.5 Å². The maximum Gasteiger partial charge on any atom is 0.416 e. The Kier molecular flexibility index (Phi) is 7.49. The Morgan fingerprint density at radius 3 is 2.58 bits per heavy atom. The van der Waals surface area contributed by atoms with Gasteiger partial charge < -0.3 is 19.5 Å². The summed E-state index contributed by atoms with van der Waals surface area (Å²) in [7, 11) is 1.70. The van der Waals surface area contributed by atoms with Gasteiger partial charge in [-0.1, -0.05) is 30.7 Å². The second kappa shape index (κ2) is 10.4. The van der Waals surface area contributed by atoms with Crippen LogP contribution in [0.25, 0.3) is 11.0 Å². The van der Waals surface area contributed by atoms with E-state index in [0.717, 1.165) is 17.7 Å². The minimum atomic E-state index is -4.46. The first-order valence-electron chi connectivity index (χ1n) is 11.7. The molecule has 3 amide bonds. The van der Waals surface area contributed by atoms with E-state index in [1.54, 1.807) is 24.1 Å². The monoisotopic (exact) mass is 521 g/mol. The smallest absolute Gasteiger partial charge is 0.416 e. The summed E-state index contributed by atoms with van der Waals surface area (Å²) >= 11 is 5.93. The summed E-state index contributed by atoms with van der Waals surface area (Å²) in [6.45, 7) is 2.66. The lowest BCUT2D eigenvalue weighted by Gasteiger charge is -2.29. The predicted octanol–water partition coefficient (Wildman–Crippen LogP) is 6.39. The molecule has 3 aromatic rings. The van der Waals surface area contributed by atoms with Crippen molar-refractivity contribution in [2.24, 2.45) is 0 Å². The molecule has 6 nitrogen and oxygen atoms in total. The molecular formula is C26H27ClF3N3O3. The Balaban J connectivity index is 1.45. The highest BCUT2D eigenvalue weighted by Crippen LogP contribution is 2.34. The molecule has 0 saturated carbocycles. The maximum atomic E-state index is 13.2. The van der Waals surface area contributed by atoms with Gasteiger partial charge in [0.05, 0.1) is 11.6 Å². The summed E-state index contributed by atoms with van der Waals surface area (Å²) in [5.74, 6) is 0.205. The highest BCUT2D eigenvalue weighted by molar-refractivity contribution is 6.30. The predicted molar refractivity (Wildman–Crippen MR) is 130 cm³/mol. The first-order chi connectivity index (χ1) is 17.1. The van der Waals surface area contributed by atoms with Crippen LogP contribution in [0.15, 0.2) is 52.9 Å². The molecule has 0 aliphatic carbocycles. The number of hydrogen-bond acceptors (Lipinski definition) is 3. The van der Waals surface area contributed by atoms with Crippen LogP contribution in [-0.2, 0) is 17.5 Å². The number of urea groups is 1. The highest BCUT2D eigenvalue weighted by atomic mass is 35.5. The van der Waals surface area contributed by atoms with Gasteiger partial charge in [0.2, 0.25) is 5.91 Å². The fraction of sp³-hybridized carbons (Fsp3) is 0.385. The van der Waals surface area contributed by atoms with Crippen molar-refractivity contribution < 1.29 is 27.2 Å². The van der Waals surface area contributed by atoms with Gasteiger partial charge in [0.1, 0.15) is 17.4 Å². The highest BCUT2D eigenvalue weighted by Gasteiger charge is 2.37. The number of nitrogens with one attached hydrogen (secondary N) is 1. The van der Waals surface area contributed by atoms with E-state index in [0.29, 0.717) is 54.1 Å². The fourth-order valence-corrected chi connectivity index (χ4v) is 4.61. The van der Waals surface area contributed by atoms with E-state index in [2.05, 4.69) is 5.32 Å². The Morgan fingerprint density at radius 2 is 1.92 bits per heavy atom. The van der Waals surface area contributed by atoms with Gasteiger partial charge in [-0.2, -0.15) is 13.2 Å². The molecule has 10 heteroatoms. The van der Waals surface area contributed by atoms with E-state index in [1.165, 1.54) is 17.0 Å². The Hall–Kier alpha value is -3.20. The number of benzene rings is 2. The van der Waals surface area contributed by atoms with Crippen molar-refractivity contribution in [3.63, 3.8) is 0 Å². The SMILES string of the molecule is CC[C@H](NC(=O)N1CCCC1C(=O)N(C)Cc1ccc(Cl)cc1)c1cc2cc(C(F)(F)F)ccc2o1. The Morgan fingerprint density at radius 1 is 1.19 bits per heavy atom. The van der Waals surface area contributed by atoms with Crippen molar-refractivity contribution in [2.75, 3.05) is 13.6 Å². The second-order valence-electron chi connectivity index (χ2n) is 8.98. The van der Waals surface area contributed by atoms with E-state index < -0.39 is 29.9 Å². The van der Waals surface area contributed by atoms with Crippen LogP contribution in [0.4, 0.5) is 18.0 Å². The topological polar surface area (TPSA) is 65.8 Å². The summed E-state index contributed by atoms with van der Waals surface area (Å²) in [6.07, 6.45) is -2.75.